The van der Waals surface area contributed by atoms with E-state index >= 15 is 0 Å². The van der Waals surface area contributed by atoms with Crippen LogP contribution in [0.25, 0.3) is 0 Å². The van der Waals surface area contributed by atoms with Crippen LogP contribution >= 0.6 is 0 Å². The SMILES string of the molecule is c1ccc(CC[Si](CCc2ccccc2)c2ccccc2)cc1. The zero-order valence-electron chi connectivity index (χ0n) is 13.5. The first-order valence-electron chi connectivity index (χ1n) is 8.40. The van der Waals surface area contributed by atoms with Gasteiger partial charge in [0.15, 0.2) is 0 Å². The fourth-order valence-electron chi connectivity index (χ4n) is 2.97. The molecule has 0 saturated heterocycles. The van der Waals surface area contributed by atoms with Gasteiger partial charge in [-0.25, -0.2) is 0 Å². The van der Waals surface area contributed by atoms with Gasteiger partial charge in [0, 0.05) is 0 Å². The highest BCUT2D eigenvalue weighted by Crippen LogP contribution is 2.12. The Morgan fingerprint density at radius 2 is 0.870 bits per heavy atom. The third-order valence-electron chi connectivity index (χ3n) is 4.30. The van der Waals surface area contributed by atoms with Crippen molar-refractivity contribution in [2.45, 2.75) is 24.9 Å². The normalized spacial score (nSPS) is 10.8. The maximum absolute atomic E-state index is 2.32. The van der Waals surface area contributed by atoms with Crippen LogP contribution in [0.2, 0.25) is 12.1 Å². The molecule has 0 aliphatic carbocycles. The van der Waals surface area contributed by atoms with Crippen LogP contribution in [0.15, 0.2) is 91.0 Å². The van der Waals surface area contributed by atoms with Gasteiger partial charge in [0.25, 0.3) is 0 Å². The van der Waals surface area contributed by atoms with Crippen LogP contribution in [0.4, 0.5) is 0 Å². The zero-order valence-corrected chi connectivity index (χ0v) is 14.5. The Bertz CT molecular complexity index is 633. The quantitative estimate of drug-likeness (QED) is 0.545. The van der Waals surface area contributed by atoms with Crippen molar-refractivity contribution >= 4 is 14.0 Å². The average molecular weight is 316 g/mol. The van der Waals surface area contributed by atoms with Gasteiger partial charge in [0.05, 0.1) is 8.80 Å². The Labute approximate surface area is 141 Å². The molecular formula is C22H23Si. The molecule has 3 aromatic rings. The van der Waals surface area contributed by atoms with Crippen molar-refractivity contribution in [3.8, 4) is 0 Å². The fourth-order valence-corrected chi connectivity index (χ4v) is 5.64. The lowest BCUT2D eigenvalue weighted by atomic mass is 10.2. The predicted molar refractivity (Wildman–Crippen MR) is 102 cm³/mol. The molecule has 0 fully saturated rings. The van der Waals surface area contributed by atoms with Gasteiger partial charge in [-0.1, -0.05) is 108 Å². The minimum absolute atomic E-state index is 0.517. The summed E-state index contributed by atoms with van der Waals surface area (Å²) in [5, 5.41) is 1.57. The number of hydrogen-bond acceptors (Lipinski definition) is 0. The summed E-state index contributed by atoms with van der Waals surface area (Å²) < 4.78 is 0. The number of aryl methyl sites for hydroxylation is 2. The summed E-state index contributed by atoms with van der Waals surface area (Å²) in [5.41, 5.74) is 2.93. The third-order valence-corrected chi connectivity index (χ3v) is 7.16. The maximum atomic E-state index is 2.32. The summed E-state index contributed by atoms with van der Waals surface area (Å²) in [6.45, 7) is 0. The predicted octanol–water partition coefficient (Wildman–Crippen LogP) is 4.87. The molecule has 3 rings (SSSR count). The Morgan fingerprint density at radius 3 is 1.30 bits per heavy atom. The van der Waals surface area contributed by atoms with Crippen molar-refractivity contribution in [3.05, 3.63) is 102 Å². The highest BCUT2D eigenvalue weighted by atomic mass is 28.3. The molecule has 0 aliphatic rings. The van der Waals surface area contributed by atoms with Crippen molar-refractivity contribution in [1.29, 1.82) is 0 Å². The van der Waals surface area contributed by atoms with E-state index in [9.17, 15) is 0 Å². The largest absolute Gasteiger partial charge is 0.0863 e. The van der Waals surface area contributed by atoms with Crippen molar-refractivity contribution in [2.75, 3.05) is 0 Å². The molecule has 0 aromatic heterocycles. The van der Waals surface area contributed by atoms with E-state index in [0.717, 1.165) is 0 Å². The summed E-state index contributed by atoms with van der Waals surface area (Å²) in [7, 11) is -0.517. The van der Waals surface area contributed by atoms with Crippen molar-refractivity contribution < 1.29 is 0 Å². The van der Waals surface area contributed by atoms with Crippen molar-refractivity contribution in [3.63, 3.8) is 0 Å². The molecular weight excluding hydrogens is 292 g/mol. The van der Waals surface area contributed by atoms with Gasteiger partial charge in [-0.3, -0.25) is 0 Å². The van der Waals surface area contributed by atoms with E-state index in [0.29, 0.717) is 0 Å². The number of hydrogen-bond donors (Lipinski definition) is 0. The highest BCUT2D eigenvalue weighted by Gasteiger charge is 2.14. The first-order valence-corrected chi connectivity index (χ1v) is 10.3. The van der Waals surface area contributed by atoms with E-state index in [1.54, 1.807) is 5.19 Å². The molecule has 0 nitrogen and oxygen atoms in total. The van der Waals surface area contributed by atoms with Gasteiger partial charge in [0.2, 0.25) is 0 Å². The molecule has 3 aromatic carbocycles. The Hall–Kier alpha value is -2.12. The summed E-state index contributed by atoms with van der Waals surface area (Å²) in [4.78, 5) is 0. The van der Waals surface area contributed by atoms with Crippen molar-refractivity contribution in [1.82, 2.24) is 0 Å². The molecule has 0 N–H and O–H groups in total. The smallest absolute Gasteiger partial charge is 0.0633 e. The average Bonchev–Trinajstić information content (AvgIpc) is 2.64. The molecule has 0 heterocycles. The van der Waals surface area contributed by atoms with Gasteiger partial charge < -0.3 is 0 Å². The summed E-state index contributed by atoms with van der Waals surface area (Å²) >= 11 is 0. The van der Waals surface area contributed by atoms with Crippen LogP contribution < -0.4 is 5.19 Å². The second-order valence-corrected chi connectivity index (χ2v) is 8.73. The monoisotopic (exact) mass is 315 g/mol. The first kappa shape index (κ1) is 15.8. The highest BCUT2D eigenvalue weighted by molar-refractivity contribution is 6.73. The molecule has 0 atom stereocenters. The van der Waals surface area contributed by atoms with Crippen LogP contribution in [-0.2, 0) is 12.8 Å². The number of benzene rings is 3. The minimum Gasteiger partial charge on any atom is -0.0633 e. The summed E-state index contributed by atoms with van der Waals surface area (Å²) in [6.07, 6.45) is 2.39. The standard InChI is InChI=1S/C22H23Si/c1-4-10-20(11-5-1)16-18-23(22-14-8-3-9-15-22)19-17-21-12-6-2-7-13-21/h1-15H,16-19H2. The molecule has 0 spiro atoms. The molecule has 0 saturated carbocycles. The Balaban J connectivity index is 1.66. The molecule has 0 aliphatic heterocycles. The van der Waals surface area contributed by atoms with Gasteiger partial charge in [-0.2, -0.15) is 0 Å². The van der Waals surface area contributed by atoms with Gasteiger partial charge >= 0.3 is 0 Å². The van der Waals surface area contributed by atoms with Crippen molar-refractivity contribution in [2.24, 2.45) is 0 Å². The first-order chi connectivity index (χ1) is 11.4. The second-order valence-electron chi connectivity index (χ2n) is 5.94. The van der Waals surface area contributed by atoms with Gasteiger partial charge in [-0.15, -0.1) is 0 Å². The van der Waals surface area contributed by atoms with Gasteiger partial charge in [0.1, 0.15) is 0 Å². The Morgan fingerprint density at radius 1 is 0.478 bits per heavy atom. The van der Waals surface area contributed by atoms with E-state index in [4.69, 9.17) is 0 Å². The molecule has 0 amide bonds. The van der Waals surface area contributed by atoms with Crippen LogP contribution in [0.5, 0.6) is 0 Å². The summed E-state index contributed by atoms with van der Waals surface area (Å²) in [5.74, 6) is 0. The van der Waals surface area contributed by atoms with E-state index in [1.807, 2.05) is 0 Å². The molecule has 1 heteroatoms. The van der Waals surface area contributed by atoms with Crippen LogP contribution in [-0.4, -0.2) is 8.80 Å². The van der Waals surface area contributed by atoms with Crippen LogP contribution in [0.3, 0.4) is 0 Å². The molecule has 23 heavy (non-hydrogen) atoms. The third kappa shape index (κ3) is 4.94. The second kappa shape index (κ2) is 8.49. The Kier molecular flexibility index (Phi) is 5.82. The summed E-state index contributed by atoms with van der Waals surface area (Å²) in [6, 6.07) is 35.6. The zero-order chi connectivity index (χ0) is 15.7. The lowest BCUT2D eigenvalue weighted by Crippen LogP contribution is -2.30. The lowest BCUT2D eigenvalue weighted by molar-refractivity contribution is 1.06. The van der Waals surface area contributed by atoms with E-state index in [1.165, 1.54) is 36.1 Å². The molecule has 1 radical (unpaired) electrons. The number of rotatable bonds is 7. The molecule has 115 valence electrons. The van der Waals surface area contributed by atoms with E-state index < -0.39 is 8.80 Å². The fraction of sp³-hybridized carbons (Fsp3) is 0.182. The maximum Gasteiger partial charge on any atom is 0.0863 e. The van der Waals surface area contributed by atoms with E-state index in [-0.39, 0.29) is 0 Å². The van der Waals surface area contributed by atoms with Crippen LogP contribution in [0, 0.1) is 0 Å². The molecule has 0 bridgehead atoms. The lowest BCUT2D eigenvalue weighted by Gasteiger charge is -2.16. The van der Waals surface area contributed by atoms with Crippen LogP contribution in [0.1, 0.15) is 11.1 Å². The van der Waals surface area contributed by atoms with Gasteiger partial charge in [-0.05, 0) is 24.0 Å². The topological polar surface area (TPSA) is 0 Å². The minimum atomic E-state index is -0.517. The molecule has 0 unspecified atom stereocenters. The van der Waals surface area contributed by atoms with E-state index in [2.05, 4.69) is 91.0 Å².